The lowest BCUT2D eigenvalue weighted by Crippen LogP contribution is -2.16. The van der Waals surface area contributed by atoms with Gasteiger partial charge in [0, 0.05) is 6.42 Å². The Bertz CT molecular complexity index is 814. The normalized spacial score (nSPS) is 11.6. The highest BCUT2D eigenvalue weighted by Gasteiger charge is 2.19. The number of benzene rings is 2. The smallest absolute Gasteiger partial charge is 0.335 e. The Morgan fingerprint density at radius 3 is 2.30 bits per heavy atom. The van der Waals surface area contributed by atoms with E-state index in [1.165, 1.54) is 31.9 Å². The van der Waals surface area contributed by atoms with Gasteiger partial charge in [0.2, 0.25) is 5.91 Å². The van der Waals surface area contributed by atoms with Crippen LogP contribution in [0.2, 0.25) is 0 Å². The highest BCUT2D eigenvalue weighted by atomic mass is 16.5. The Morgan fingerprint density at radius 1 is 1.11 bits per heavy atom. The zero-order valence-electron chi connectivity index (χ0n) is 16.0. The summed E-state index contributed by atoms with van der Waals surface area (Å²) in [5.41, 5.74) is 2.60. The lowest BCUT2D eigenvalue weighted by Gasteiger charge is -2.16. The highest BCUT2D eigenvalue weighted by molar-refractivity contribution is 5.97. The number of anilines is 1. The Balaban J connectivity index is 2.18. The second-order valence-corrected chi connectivity index (χ2v) is 6.31. The molecule has 0 aromatic heterocycles. The van der Waals surface area contributed by atoms with Gasteiger partial charge < -0.3 is 19.9 Å². The molecule has 6 heteroatoms. The average molecular weight is 371 g/mol. The van der Waals surface area contributed by atoms with E-state index < -0.39 is 5.97 Å². The molecule has 144 valence electrons. The van der Waals surface area contributed by atoms with Gasteiger partial charge in [-0.15, -0.1) is 0 Å². The van der Waals surface area contributed by atoms with Crippen molar-refractivity contribution in [3.05, 3.63) is 53.1 Å². The summed E-state index contributed by atoms with van der Waals surface area (Å²) in [7, 11) is 2.85. The second-order valence-electron chi connectivity index (χ2n) is 6.31. The second kappa shape index (κ2) is 9.07. The SMILES string of the molecule is CCc1ccc(C(C)CC(=O)Nc2cc(C(=O)O)cc(OC)c2OC)cc1. The van der Waals surface area contributed by atoms with Gasteiger partial charge in [0.1, 0.15) is 0 Å². The number of hydrogen-bond donors (Lipinski definition) is 2. The average Bonchev–Trinajstić information content (AvgIpc) is 2.67. The Kier molecular flexibility index (Phi) is 6.82. The number of ether oxygens (including phenoxy) is 2. The standard InChI is InChI=1S/C21H25NO5/c1-5-14-6-8-15(9-7-14)13(2)10-19(23)22-17-11-16(21(24)25)12-18(26-3)20(17)27-4/h6-9,11-13H,5,10H2,1-4H3,(H,22,23)(H,24,25). The fourth-order valence-electron chi connectivity index (χ4n) is 2.86. The number of carbonyl (C=O) groups excluding carboxylic acids is 1. The molecule has 6 nitrogen and oxygen atoms in total. The largest absolute Gasteiger partial charge is 0.493 e. The molecule has 0 heterocycles. The quantitative estimate of drug-likeness (QED) is 0.730. The van der Waals surface area contributed by atoms with Gasteiger partial charge in [-0.05, 0) is 35.6 Å². The molecule has 2 aromatic rings. The maximum Gasteiger partial charge on any atom is 0.335 e. The molecule has 1 amide bonds. The molecule has 0 bridgehead atoms. The number of carboxylic acids is 1. The van der Waals surface area contributed by atoms with E-state index in [0.717, 1.165) is 12.0 Å². The summed E-state index contributed by atoms with van der Waals surface area (Å²) < 4.78 is 10.5. The van der Waals surface area contributed by atoms with Crippen molar-refractivity contribution in [2.24, 2.45) is 0 Å². The molecular formula is C21H25NO5. The zero-order valence-corrected chi connectivity index (χ0v) is 16.0. The Hall–Kier alpha value is -3.02. The molecule has 1 atom stereocenters. The van der Waals surface area contributed by atoms with Gasteiger partial charge in [-0.25, -0.2) is 4.79 Å². The van der Waals surface area contributed by atoms with Crippen LogP contribution >= 0.6 is 0 Å². The number of amides is 1. The van der Waals surface area contributed by atoms with E-state index in [-0.39, 0.29) is 41.0 Å². The molecule has 0 aliphatic heterocycles. The monoisotopic (exact) mass is 371 g/mol. The van der Waals surface area contributed by atoms with Crippen LogP contribution in [0.5, 0.6) is 11.5 Å². The molecule has 0 aliphatic rings. The molecular weight excluding hydrogens is 346 g/mol. The number of rotatable bonds is 8. The molecule has 27 heavy (non-hydrogen) atoms. The van der Waals surface area contributed by atoms with Crippen LogP contribution in [0.25, 0.3) is 0 Å². The maximum atomic E-state index is 12.5. The highest BCUT2D eigenvalue weighted by Crippen LogP contribution is 2.37. The topological polar surface area (TPSA) is 84.9 Å². The van der Waals surface area contributed by atoms with Gasteiger partial charge in [-0.2, -0.15) is 0 Å². The predicted molar refractivity (Wildman–Crippen MR) is 104 cm³/mol. The molecule has 0 radical (unpaired) electrons. The number of carbonyl (C=O) groups is 2. The van der Waals surface area contributed by atoms with Gasteiger partial charge >= 0.3 is 5.97 Å². The third-order valence-corrected chi connectivity index (χ3v) is 4.45. The summed E-state index contributed by atoms with van der Waals surface area (Å²) in [6.07, 6.45) is 1.23. The molecule has 0 spiro atoms. The van der Waals surface area contributed by atoms with Crippen LogP contribution in [0, 0.1) is 0 Å². The van der Waals surface area contributed by atoms with Crippen LogP contribution in [-0.2, 0) is 11.2 Å². The zero-order chi connectivity index (χ0) is 20.0. The summed E-state index contributed by atoms with van der Waals surface area (Å²) in [6.45, 7) is 4.07. The predicted octanol–water partition coefficient (Wildman–Crippen LogP) is 4.10. The van der Waals surface area contributed by atoms with Crippen LogP contribution in [-0.4, -0.2) is 31.2 Å². The van der Waals surface area contributed by atoms with Crippen molar-refractivity contribution in [1.82, 2.24) is 0 Å². The number of nitrogens with one attached hydrogen (secondary N) is 1. The van der Waals surface area contributed by atoms with E-state index >= 15 is 0 Å². The first-order chi connectivity index (χ1) is 12.9. The summed E-state index contributed by atoms with van der Waals surface area (Å²) >= 11 is 0. The fourth-order valence-corrected chi connectivity index (χ4v) is 2.86. The fraction of sp³-hybridized carbons (Fsp3) is 0.333. The van der Waals surface area contributed by atoms with Gasteiger partial charge in [0.15, 0.2) is 11.5 Å². The van der Waals surface area contributed by atoms with Crippen molar-refractivity contribution < 1.29 is 24.2 Å². The third-order valence-electron chi connectivity index (χ3n) is 4.45. The first-order valence-electron chi connectivity index (χ1n) is 8.77. The summed E-state index contributed by atoms with van der Waals surface area (Å²) in [4.78, 5) is 23.8. The number of aryl methyl sites for hydroxylation is 1. The molecule has 1 unspecified atom stereocenters. The molecule has 2 aromatic carbocycles. The van der Waals surface area contributed by atoms with E-state index in [0.29, 0.717) is 0 Å². The molecule has 0 saturated heterocycles. The minimum atomic E-state index is -1.11. The third kappa shape index (κ3) is 5.00. The summed E-state index contributed by atoms with van der Waals surface area (Å²) in [5.74, 6) is -0.793. The Labute approximate surface area is 159 Å². The van der Waals surface area contributed by atoms with Gasteiger partial charge in [0.05, 0.1) is 25.5 Å². The summed E-state index contributed by atoms with van der Waals surface area (Å²) in [5, 5.41) is 12.0. The number of hydrogen-bond acceptors (Lipinski definition) is 4. The molecule has 2 rings (SSSR count). The van der Waals surface area contributed by atoms with E-state index in [2.05, 4.69) is 24.4 Å². The van der Waals surface area contributed by atoms with E-state index in [9.17, 15) is 14.7 Å². The van der Waals surface area contributed by atoms with Crippen LogP contribution in [0.3, 0.4) is 0 Å². The van der Waals surface area contributed by atoms with E-state index in [1.54, 1.807) is 0 Å². The van der Waals surface area contributed by atoms with E-state index in [4.69, 9.17) is 9.47 Å². The van der Waals surface area contributed by atoms with Crippen LogP contribution in [0.15, 0.2) is 36.4 Å². The van der Waals surface area contributed by atoms with Crippen molar-refractivity contribution >= 4 is 17.6 Å². The van der Waals surface area contributed by atoms with Crippen LogP contribution in [0.1, 0.15) is 47.7 Å². The Morgan fingerprint density at radius 2 is 1.78 bits per heavy atom. The lowest BCUT2D eigenvalue weighted by atomic mass is 9.96. The van der Waals surface area contributed by atoms with Gasteiger partial charge in [-0.1, -0.05) is 38.1 Å². The van der Waals surface area contributed by atoms with Crippen LogP contribution in [0.4, 0.5) is 5.69 Å². The van der Waals surface area contributed by atoms with Crippen molar-refractivity contribution in [2.45, 2.75) is 32.6 Å². The number of methoxy groups -OCH3 is 2. The molecule has 0 fully saturated rings. The summed E-state index contributed by atoms with van der Waals surface area (Å²) in [6, 6.07) is 10.9. The van der Waals surface area contributed by atoms with Gasteiger partial charge in [-0.3, -0.25) is 4.79 Å². The van der Waals surface area contributed by atoms with Gasteiger partial charge in [0.25, 0.3) is 0 Å². The molecule has 0 aliphatic carbocycles. The van der Waals surface area contributed by atoms with Crippen molar-refractivity contribution in [2.75, 3.05) is 19.5 Å². The number of aromatic carboxylic acids is 1. The maximum absolute atomic E-state index is 12.5. The van der Waals surface area contributed by atoms with Crippen molar-refractivity contribution in [3.8, 4) is 11.5 Å². The first kappa shape index (κ1) is 20.3. The van der Waals surface area contributed by atoms with Crippen molar-refractivity contribution in [1.29, 1.82) is 0 Å². The minimum Gasteiger partial charge on any atom is -0.493 e. The van der Waals surface area contributed by atoms with Crippen molar-refractivity contribution in [3.63, 3.8) is 0 Å². The number of carboxylic acid groups (broad SMARTS) is 1. The van der Waals surface area contributed by atoms with E-state index in [1.807, 2.05) is 19.1 Å². The van der Waals surface area contributed by atoms with Crippen LogP contribution < -0.4 is 14.8 Å². The molecule has 0 saturated carbocycles. The molecule has 2 N–H and O–H groups in total. The minimum absolute atomic E-state index is 0.00570. The lowest BCUT2D eigenvalue weighted by molar-refractivity contribution is -0.116. The first-order valence-corrected chi connectivity index (χ1v) is 8.77.